The first-order valence-corrected chi connectivity index (χ1v) is 9.93. The Bertz CT molecular complexity index is 859. The molecule has 0 radical (unpaired) electrons. The third kappa shape index (κ3) is 3.50. The van der Waals surface area contributed by atoms with Crippen LogP contribution in [0.1, 0.15) is 22.9 Å². The summed E-state index contributed by atoms with van der Waals surface area (Å²) in [4.78, 5) is 19.4. The second-order valence-electron chi connectivity index (χ2n) is 6.89. The average molecular weight is 366 g/mol. The molecule has 0 bridgehead atoms. The van der Waals surface area contributed by atoms with Gasteiger partial charge in [-0.05, 0) is 30.2 Å². The van der Waals surface area contributed by atoms with Crippen LogP contribution in [-0.4, -0.2) is 35.4 Å². The molecule has 1 fully saturated rings. The number of benzene rings is 2. The molecule has 4 nitrogen and oxygen atoms in total. The third-order valence-electron chi connectivity index (χ3n) is 5.22. The van der Waals surface area contributed by atoms with Crippen LogP contribution in [0.2, 0.25) is 0 Å². The largest absolute Gasteiger partial charge is 0.342 e. The van der Waals surface area contributed by atoms with Gasteiger partial charge < -0.3 is 10.6 Å². The summed E-state index contributed by atoms with van der Waals surface area (Å²) in [5.74, 6) is 0.887. The molecule has 0 unspecified atom stereocenters. The number of para-hydroxylation sites is 1. The summed E-state index contributed by atoms with van der Waals surface area (Å²) in [5.41, 5.74) is 8.29. The van der Waals surface area contributed by atoms with Crippen molar-refractivity contribution in [1.29, 1.82) is 0 Å². The predicted molar refractivity (Wildman–Crippen MR) is 106 cm³/mol. The molecule has 1 saturated heterocycles. The lowest BCUT2D eigenvalue weighted by Gasteiger charge is -2.16. The Hall–Kier alpha value is -2.24. The van der Waals surface area contributed by atoms with Gasteiger partial charge in [0, 0.05) is 31.8 Å². The van der Waals surface area contributed by atoms with Crippen LogP contribution in [0.25, 0.3) is 10.2 Å². The molecule has 4 rings (SSSR count). The number of amides is 1. The quantitative estimate of drug-likeness (QED) is 0.753. The first-order valence-electron chi connectivity index (χ1n) is 9.12. The van der Waals surface area contributed by atoms with Gasteiger partial charge in [0.25, 0.3) is 0 Å². The molecule has 0 spiro atoms. The van der Waals surface area contributed by atoms with E-state index < -0.39 is 0 Å². The maximum Gasteiger partial charge on any atom is 0.223 e. The number of carbonyl (C=O) groups excluding carboxylic acids is 1. The summed E-state index contributed by atoms with van der Waals surface area (Å²) in [5, 5.41) is 1.04. The maximum absolute atomic E-state index is 12.7. The molecule has 2 aromatic carbocycles. The zero-order chi connectivity index (χ0) is 17.9. The van der Waals surface area contributed by atoms with Gasteiger partial charge in [-0.2, -0.15) is 0 Å². The average Bonchev–Trinajstić information content (AvgIpc) is 3.30. The second-order valence-corrected chi connectivity index (χ2v) is 8.00. The van der Waals surface area contributed by atoms with Crippen LogP contribution in [0, 0.1) is 5.92 Å². The van der Waals surface area contributed by atoms with E-state index >= 15 is 0 Å². The highest BCUT2D eigenvalue weighted by molar-refractivity contribution is 7.18. The Balaban J connectivity index is 1.40. The van der Waals surface area contributed by atoms with E-state index in [2.05, 4.69) is 35.3 Å². The van der Waals surface area contributed by atoms with Gasteiger partial charge in [0.05, 0.1) is 15.2 Å². The maximum atomic E-state index is 12.7. The molecule has 1 aromatic heterocycles. The summed E-state index contributed by atoms with van der Waals surface area (Å²) in [6.45, 7) is 2.14. The van der Waals surface area contributed by atoms with Gasteiger partial charge in [0.15, 0.2) is 0 Å². The van der Waals surface area contributed by atoms with Crippen molar-refractivity contribution in [3.05, 3.63) is 65.2 Å². The summed E-state index contributed by atoms with van der Waals surface area (Å²) in [6, 6.07) is 18.5. The fourth-order valence-corrected chi connectivity index (χ4v) is 4.76. The van der Waals surface area contributed by atoms with Crippen molar-refractivity contribution in [2.45, 2.75) is 18.8 Å². The van der Waals surface area contributed by atoms with Gasteiger partial charge in [-0.15, -0.1) is 11.3 Å². The number of aromatic nitrogens is 1. The molecular weight excluding hydrogens is 342 g/mol. The van der Waals surface area contributed by atoms with Crippen molar-refractivity contribution < 1.29 is 4.79 Å². The predicted octanol–water partition coefficient (Wildman–Crippen LogP) is 3.43. The number of fused-ring (bicyclic) bond motifs is 1. The van der Waals surface area contributed by atoms with Crippen molar-refractivity contribution in [1.82, 2.24) is 9.88 Å². The molecule has 1 amide bonds. The Kier molecular flexibility index (Phi) is 5.00. The number of nitrogens with two attached hydrogens (primary N) is 1. The SMILES string of the molecule is NC[C@@H]1CN(C(=O)CCc2nc3ccccc3s2)C[C@H]1c1ccccc1. The zero-order valence-corrected chi connectivity index (χ0v) is 15.5. The van der Waals surface area contributed by atoms with Gasteiger partial charge in [0.2, 0.25) is 5.91 Å². The molecule has 0 saturated carbocycles. The van der Waals surface area contributed by atoms with Gasteiger partial charge in [-0.3, -0.25) is 4.79 Å². The van der Waals surface area contributed by atoms with Crippen LogP contribution in [-0.2, 0) is 11.2 Å². The number of hydrogen-bond acceptors (Lipinski definition) is 4. The van der Waals surface area contributed by atoms with Crippen molar-refractivity contribution in [3.63, 3.8) is 0 Å². The lowest BCUT2D eigenvalue weighted by molar-refractivity contribution is -0.130. The number of carbonyl (C=O) groups is 1. The van der Waals surface area contributed by atoms with Crippen molar-refractivity contribution >= 4 is 27.5 Å². The molecule has 3 aromatic rings. The summed E-state index contributed by atoms with van der Waals surface area (Å²) < 4.78 is 1.18. The molecule has 134 valence electrons. The van der Waals surface area contributed by atoms with Crippen molar-refractivity contribution in [2.24, 2.45) is 11.7 Å². The molecular formula is C21H23N3OS. The van der Waals surface area contributed by atoms with Crippen molar-refractivity contribution in [3.8, 4) is 0 Å². The first-order chi connectivity index (χ1) is 12.7. The molecule has 5 heteroatoms. The van der Waals surface area contributed by atoms with E-state index in [9.17, 15) is 4.79 Å². The van der Waals surface area contributed by atoms with Crippen LogP contribution in [0.5, 0.6) is 0 Å². The lowest BCUT2D eigenvalue weighted by atomic mass is 9.89. The molecule has 1 aliphatic heterocycles. The minimum Gasteiger partial charge on any atom is -0.342 e. The Labute approximate surface area is 157 Å². The van der Waals surface area contributed by atoms with E-state index in [4.69, 9.17) is 5.73 Å². The number of rotatable bonds is 5. The molecule has 26 heavy (non-hydrogen) atoms. The number of aryl methyl sites for hydroxylation is 1. The van der Waals surface area contributed by atoms with E-state index in [1.54, 1.807) is 11.3 Å². The molecule has 2 atom stereocenters. The van der Waals surface area contributed by atoms with Gasteiger partial charge >= 0.3 is 0 Å². The number of thiazole rings is 1. The highest BCUT2D eigenvalue weighted by Crippen LogP contribution is 2.32. The fourth-order valence-electron chi connectivity index (χ4n) is 3.79. The Morgan fingerprint density at radius 1 is 1.12 bits per heavy atom. The summed E-state index contributed by atoms with van der Waals surface area (Å²) >= 11 is 1.68. The molecule has 1 aliphatic rings. The van der Waals surface area contributed by atoms with Gasteiger partial charge in [-0.1, -0.05) is 42.5 Å². The lowest BCUT2D eigenvalue weighted by Crippen LogP contribution is -2.30. The summed E-state index contributed by atoms with van der Waals surface area (Å²) in [7, 11) is 0. The van der Waals surface area contributed by atoms with Gasteiger partial charge in [0.1, 0.15) is 0 Å². The van der Waals surface area contributed by atoms with Crippen LogP contribution in [0.3, 0.4) is 0 Å². The minimum atomic E-state index is 0.209. The number of likely N-dealkylation sites (tertiary alicyclic amines) is 1. The fraction of sp³-hybridized carbons (Fsp3) is 0.333. The van der Waals surface area contributed by atoms with E-state index in [1.807, 2.05) is 29.2 Å². The second kappa shape index (κ2) is 7.56. The molecule has 2 heterocycles. The van der Waals surface area contributed by atoms with Crippen LogP contribution in [0.4, 0.5) is 0 Å². The topological polar surface area (TPSA) is 59.2 Å². The standard InChI is InChI=1S/C21H23N3OS/c22-12-16-13-24(14-17(16)15-6-2-1-3-7-15)21(25)11-10-20-23-18-8-4-5-9-19(18)26-20/h1-9,16-17H,10-14,22H2/t16-,17+/m1/s1. The highest BCUT2D eigenvalue weighted by Gasteiger charge is 2.34. The molecule has 2 N–H and O–H groups in total. The van der Waals surface area contributed by atoms with Gasteiger partial charge in [-0.25, -0.2) is 4.98 Å². The summed E-state index contributed by atoms with van der Waals surface area (Å²) in [6.07, 6.45) is 1.22. The van der Waals surface area contributed by atoms with Crippen LogP contribution < -0.4 is 5.73 Å². The Morgan fingerprint density at radius 2 is 1.88 bits per heavy atom. The van der Waals surface area contributed by atoms with Crippen molar-refractivity contribution in [2.75, 3.05) is 19.6 Å². The monoisotopic (exact) mass is 365 g/mol. The van der Waals surface area contributed by atoms with E-state index in [-0.39, 0.29) is 5.91 Å². The number of nitrogens with zero attached hydrogens (tertiary/aromatic N) is 2. The van der Waals surface area contributed by atoms with E-state index in [1.165, 1.54) is 10.3 Å². The Morgan fingerprint density at radius 3 is 2.65 bits per heavy atom. The third-order valence-corrected chi connectivity index (χ3v) is 6.31. The van der Waals surface area contributed by atoms with E-state index in [0.29, 0.717) is 31.2 Å². The minimum absolute atomic E-state index is 0.209. The highest BCUT2D eigenvalue weighted by atomic mass is 32.1. The zero-order valence-electron chi connectivity index (χ0n) is 14.7. The normalized spacial score (nSPS) is 20.0. The smallest absolute Gasteiger partial charge is 0.223 e. The van der Waals surface area contributed by atoms with Crippen LogP contribution in [0.15, 0.2) is 54.6 Å². The van der Waals surface area contributed by atoms with Crippen LogP contribution >= 0.6 is 11.3 Å². The first kappa shape index (κ1) is 17.2. The number of hydrogen-bond donors (Lipinski definition) is 1. The molecule has 0 aliphatic carbocycles. The van der Waals surface area contributed by atoms with E-state index in [0.717, 1.165) is 23.6 Å².